The summed E-state index contributed by atoms with van der Waals surface area (Å²) in [4.78, 5) is 0. The highest BCUT2D eigenvalue weighted by Gasteiger charge is 2.00. The van der Waals surface area contributed by atoms with Gasteiger partial charge in [0.25, 0.3) is 0 Å². The molecule has 2 aromatic rings. The molecule has 0 saturated carbocycles. The van der Waals surface area contributed by atoms with Gasteiger partial charge in [-0.3, -0.25) is 0 Å². The SMILES string of the molecule is Cc1cccc(-c2cc(N)cc(N)c2)c1. The van der Waals surface area contributed by atoms with Crippen LogP contribution in [0.15, 0.2) is 42.5 Å². The number of anilines is 2. The molecular formula is C13H14N2. The van der Waals surface area contributed by atoms with E-state index in [9.17, 15) is 0 Å². The van der Waals surface area contributed by atoms with Crippen molar-refractivity contribution in [3.63, 3.8) is 0 Å². The maximum Gasteiger partial charge on any atom is 0.0340 e. The van der Waals surface area contributed by atoms with Crippen LogP contribution in [-0.4, -0.2) is 0 Å². The minimum absolute atomic E-state index is 0.700. The van der Waals surface area contributed by atoms with E-state index >= 15 is 0 Å². The first-order chi connectivity index (χ1) is 7.15. The lowest BCUT2D eigenvalue weighted by Gasteiger charge is -2.05. The number of benzene rings is 2. The Labute approximate surface area is 89.5 Å². The molecule has 0 aliphatic rings. The van der Waals surface area contributed by atoms with Gasteiger partial charge in [-0.05, 0) is 36.2 Å². The van der Waals surface area contributed by atoms with Crippen LogP contribution < -0.4 is 11.5 Å². The number of aryl methyl sites for hydroxylation is 1. The number of hydrogen-bond acceptors (Lipinski definition) is 2. The van der Waals surface area contributed by atoms with Gasteiger partial charge in [-0.15, -0.1) is 0 Å². The van der Waals surface area contributed by atoms with Crippen molar-refractivity contribution in [1.82, 2.24) is 0 Å². The lowest BCUT2D eigenvalue weighted by molar-refractivity contribution is 1.47. The summed E-state index contributed by atoms with van der Waals surface area (Å²) in [5, 5.41) is 0. The summed E-state index contributed by atoms with van der Waals surface area (Å²) in [6.45, 7) is 2.07. The fourth-order valence-corrected chi connectivity index (χ4v) is 1.67. The third kappa shape index (κ3) is 2.10. The molecule has 2 rings (SSSR count). The average Bonchev–Trinajstić information content (AvgIpc) is 2.16. The average molecular weight is 198 g/mol. The summed E-state index contributed by atoms with van der Waals surface area (Å²) in [5.74, 6) is 0. The van der Waals surface area contributed by atoms with E-state index in [1.54, 1.807) is 6.07 Å². The Bertz CT molecular complexity index is 469. The van der Waals surface area contributed by atoms with E-state index in [1.165, 1.54) is 5.56 Å². The molecule has 0 aliphatic heterocycles. The fourth-order valence-electron chi connectivity index (χ4n) is 1.67. The molecule has 2 nitrogen and oxygen atoms in total. The molecule has 0 atom stereocenters. The predicted molar refractivity (Wildman–Crippen MR) is 65.4 cm³/mol. The standard InChI is InChI=1S/C13H14N2/c1-9-3-2-4-10(5-9)11-6-12(14)8-13(15)7-11/h2-8H,14-15H2,1H3. The molecule has 0 bridgehead atoms. The third-order valence-corrected chi connectivity index (χ3v) is 2.33. The Morgan fingerprint density at radius 2 is 1.47 bits per heavy atom. The van der Waals surface area contributed by atoms with Crippen LogP contribution in [0.1, 0.15) is 5.56 Å². The molecule has 0 aliphatic carbocycles. The van der Waals surface area contributed by atoms with Gasteiger partial charge >= 0.3 is 0 Å². The maximum absolute atomic E-state index is 5.75. The Balaban J connectivity index is 2.54. The summed E-state index contributed by atoms with van der Waals surface area (Å²) in [6, 6.07) is 13.9. The molecule has 2 heteroatoms. The fraction of sp³-hybridized carbons (Fsp3) is 0.0769. The van der Waals surface area contributed by atoms with Crippen LogP contribution in [0.25, 0.3) is 11.1 Å². The predicted octanol–water partition coefficient (Wildman–Crippen LogP) is 2.83. The molecule has 15 heavy (non-hydrogen) atoms. The largest absolute Gasteiger partial charge is 0.399 e. The van der Waals surface area contributed by atoms with Crippen LogP contribution in [0.2, 0.25) is 0 Å². The van der Waals surface area contributed by atoms with Gasteiger partial charge in [0.2, 0.25) is 0 Å². The van der Waals surface area contributed by atoms with Gasteiger partial charge in [0.1, 0.15) is 0 Å². The van der Waals surface area contributed by atoms with Crippen LogP contribution in [0.4, 0.5) is 11.4 Å². The number of hydrogen-bond donors (Lipinski definition) is 2. The van der Waals surface area contributed by atoms with Gasteiger partial charge in [-0.2, -0.15) is 0 Å². The van der Waals surface area contributed by atoms with Gasteiger partial charge in [0.15, 0.2) is 0 Å². The molecule has 0 fully saturated rings. The summed E-state index contributed by atoms with van der Waals surface area (Å²) in [6.07, 6.45) is 0. The van der Waals surface area contributed by atoms with Crippen molar-refractivity contribution in [2.45, 2.75) is 6.92 Å². The second-order valence-electron chi connectivity index (χ2n) is 3.76. The van der Waals surface area contributed by atoms with E-state index in [0.717, 1.165) is 11.1 Å². The van der Waals surface area contributed by atoms with Crippen LogP contribution in [0.5, 0.6) is 0 Å². The van der Waals surface area contributed by atoms with Gasteiger partial charge in [-0.25, -0.2) is 0 Å². The van der Waals surface area contributed by atoms with Gasteiger partial charge < -0.3 is 11.5 Å². The van der Waals surface area contributed by atoms with Crippen molar-refractivity contribution in [3.8, 4) is 11.1 Å². The monoisotopic (exact) mass is 198 g/mol. The zero-order valence-corrected chi connectivity index (χ0v) is 8.70. The third-order valence-electron chi connectivity index (χ3n) is 2.33. The first kappa shape index (κ1) is 9.59. The normalized spacial score (nSPS) is 10.2. The Hall–Kier alpha value is -1.96. The Morgan fingerprint density at radius 1 is 0.800 bits per heavy atom. The molecule has 0 heterocycles. The summed E-state index contributed by atoms with van der Waals surface area (Å²) in [5.41, 5.74) is 16.4. The van der Waals surface area contributed by atoms with Gasteiger partial charge in [0.05, 0.1) is 0 Å². The second kappa shape index (κ2) is 3.65. The van der Waals surface area contributed by atoms with Crippen molar-refractivity contribution in [3.05, 3.63) is 48.0 Å². The van der Waals surface area contributed by atoms with E-state index < -0.39 is 0 Å². The van der Waals surface area contributed by atoms with Crippen molar-refractivity contribution >= 4 is 11.4 Å². The van der Waals surface area contributed by atoms with Crippen molar-refractivity contribution < 1.29 is 0 Å². The van der Waals surface area contributed by atoms with Crippen LogP contribution >= 0.6 is 0 Å². The van der Waals surface area contributed by atoms with Gasteiger partial charge in [-0.1, -0.05) is 29.8 Å². The first-order valence-electron chi connectivity index (χ1n) is 4.88. The second-order valence-corrected chi connectivity index (χ2v) is 3.76. The van der Waals surface area contributed by atoms with E-state index in [0.29, 0.717) is 11.4 Å². The molecule has 0 radical (unpaired) electrons. The lowest BCUT2D eigenvalue weighted by atomic mass is 10.0. The summed E-state index contributed by atoms with van der Waals surface area (Å²) < 4.78 is 0. The van der Waals surface area contributed by atoms with E-state index in [-0.39, 0.29) is 0 Å². The van der Waals surface area contributed by atoms with Gasteiger partial charge in [0, 0.05) is 11.4 Å². The van der Waals surface area contributed by atoms with Crippen LogP contribution in [-0.2, 0) is 0 Å². The van der Waals surface area contributed by atoms with E-state index in [2.05, 4.69) is 25.1 Å². The molecule has 0 spiro atoms. The van der Waals surface area contributed by atoms with Crippen LogP contribution in [0.3, 0.4) is 0 Å². The molecule has 76 valence electrons. The van der Waals surface area contributed by atoms with Crippen molar-refractivity contribution in [2.75, 3.05) is 11.5 Å². The topological polar surface area (TPSA) is 52.0 Å². The highest BCUT2D eigenvalue weighted by molar-refractivity contribution is 5.72. The molecule has 0 amide bonds. The molecule has 0 unspecified atom stereocenters. The molecule has 0 aromatic heterocycles. The van der Waals surface area contributed by atoms with Crippen molar-refractivity contribution in [2.24, 2.45) is 0 Å². The molecule has 4 N–H and O–H groups in total. The number of nitrogen functional groups attached to an aromatic ring is 2. The molecule has 2 aromatic carbocycles. The number of nitrogens with two attached hydrogens (primary N) is 2. The highest BCUT2D eigenvalue weighted by atomic mass is 14.6. The summed E-state index contributed by atoms with van der Waals surface area (Å²) in [7, 11) is 0. The molecular weight excluding hydrogens is 184 g/mol. The number of rotatable bonds is 1. The van der Waals surface area contributed by atoms with E-state index in [4.69, 9.17) is 11.5 Å². The van der Waals surface area contributed by atoms with Crippen LogP contribution in [0, 0.1) is 6.92 Å². The zero-order valence-electron chi connectivity index (χ0n) is 8.70. The minimum atomic E-state index is 0.700. The quantitative estimate of drug-likeness (QED) is 0.692. The summed E-state index contributed by atoms with van der Waals surface area (Å²) >= 11 is 0. The zero-order chi connectivity index (χ0) is 10.8. The highest BCUT2D eigenvalue weighted by Crippen LogP contribution is 2.25. The smallest absolute Gasteiger partial charge is 0.0340 e. The first-order valence-corrected chi connectivity index (χ1v) is 4.88. The minimum Gasteiger partial charge on any atom is -0.399 e. The lowest BCUT2D eigenvalue weighted by Crippen LogP contribution is -1.91. The maximum atomic E-state index is 5.75. The van der Waals surface area contributed by atoms with Crippen molar-refractivity contribution in [1.29, 1.82) is 0 Å². The molecule has 0 saturated heterocycles. The Morgan fingerprint density at radius 3 is 2.07 bits per heavy atom. The Kier molecular flexibility index (Phi) is 2.34. The van der Waals surface area contributed by atoms with E-state index in [1.807, 2.05) is 18.2 Å².